The predicted octanol–water partition coefficient (Wildman–Crippen LogP) is 5.70. The molecule has 140 valence electrons. The number of likely N-dealkylation sites (tertiary alicyclic amines) is 1. The van der Waals surface area contributed by atoms with E-state index in [9.17, 15) is 0 Å². The van der Waals surface area contributed by atoms with E-state index >= 15 is 0 Å². The van der Waals surface area contributed by atoms with Gasteiger partial charge >= 0.3 is 0 Å². The van der Waals surface area contributed by atoms with Gasteiger partial charge in [0, 0.05) is 12.1 Å². The highest BCUT2D eigenvalue weighted by atomic mass is 15.2. The molecule has 1 aliphatic heterocycles. The summed E-state index contributed by atoms with van der Waals surface area (Å²) in [7, 11) is 0. The van der Waals surface area contributed by atoms with Gasteiger partial charge in [0.2, 0.25) is 0 Å². The highest BCUT2D eigenvalue weighted by Gasteiger charge is 2.17. The molecule has 1 N–H and O–H groups in total. The molecule has 1 saturated heterocycles. The number of hydrogen-bond acceptors (Lipinski definition) is 2. The third-order valence-corrected chi connectivity index (χ3v) is 5.24. The Morgan fingerprint density at radius 1 is 1.17 bits per heavy atom. The van der Waals surface area contributed by atoms with Crippen molar-refractivity contribution in [1.29, 1.82) is 0 Å². The van der Waals surface area contributed by atoms with Crippen LogP contribution in [0.4, 0.5) is 0 Å². The molecule has 2 nitrogen and oxygen atoms in total. The Kier molecular flexibility index (Phi) is 11.4. The molecule has 0 aromatic rings. The van der Waals surface area contributed by atoms with E-state index in [1.165, 1.54) is 70.0 Å². The minimum atomic E-state index is 0.630. The van der Waals surface area contributed by atoms with Crippen molar-refractivity contribution in [3.8, 4) is 0 Å². The van der Waals surface area contributed by atoms with E-state index in [-0.39, 0.29) is 0 Å². The van der Waals surface area contributed by atoms with Gasteiger partial charge in [-0.3, -0.25) is 0 Å². The zero-order valence-corrected chi connectivity index (χ0v) is 17.0. The van der Waals surface area contributed by atoms with E-state index in [1.807, 2.05) is 0 Å². The molecule has 0 aliphatic carbocycles. The van der Waals surface area contributed by atoms with Crippen LogP contribution in [-0.2, 0) is 0 Å². The first-order valence-corrected chi connectivity index (χ1v) is 10.3. The van der Waals surface area contributed by atoms with Gasteiger partial charge in [-0.05, 0) is 99.2 Å². The number of rotatable bonds is 11. The molecule has 0 aromatic heterocycles. The van der Waals surface area contributed by atoms with Crippen LogP contribution in [0.15, 0.2) is 23.3 Å². The third-order valence-electron chi connectivity index (χ3n) is 5.24. The molecule has 2 atom stereocenters. The van der Waals surface area contributed by atoms with Crippen LogP contribution in [0.5, 0.6) is 0 Å². The molecule has 0 spiro atoms. The largest absolute Gasteiger partial charge is 0.314 e. The van der Waals surface area contributed by atoms with E-state index in [1.54, 1.807) is 5.57 Å². The summed E-state index contributed by atoms with van der Waals surface area (Å²) in [5.74, 6) is 0. The Hall–Kier alpha value is -0.600. The summed E-state index contributed by atoms with van der Waals surface area (Å²) in [4.78, 5) is 2.68. The fourth-order valence-electron chi connectivity index (χ4n) is 3.49. The highest BCUT2D eigenvalue weighted by Crippen LogP contribution is 2.16. The number of allylic oxidation sites excluding steroid dienone is 4. The number of nitrogens with one attached hydrogen (secondary N) is 1. The summed E-state index contributed by atoms with van der Waals surface area (Å²) in [6, 6.07) is 1.43. The lowest BCUT2D eigenvalue weighted by Crippen LogP contribution is -2.39. The minimum absolute atomic E-state index is 0.630. The van der Waals surface area contributed by atoms with Gasteiger partial charge in [0.15, 0.2) is 0 Å². The molecule has 1 rings (SSSR count). The van der Waals surface area contributed by atoms with Gasteiger partial charge in [0.25, 0.3) is 0 Å². The van der Waals surface area contributed by atoms with Gasteiger partial charge in [-0.15, -0.1) is 0 Å². The van der Waals surface area contributed by atoms with Gasteiger partial charge < -0.3 is 10.2 Å². The topological polar surface area (TPSA) is 15.3 Å². The molecule has 1 aliphatic rings. The maximum atomic E-state index is 3.70. The Morgan fingerprint density at radius 2 is 1.96 bits per heavy atom. The number of piperidine rings is 1. The van der Waals surface area contributed by atoms with Crippen molar-refractivity contribution < 1.29 is 0 Å². The van der Waals surface area contributed by atoms with Crippen molar-refractivity contribution in [1.82, 2.24) is 10.2 Å². The first kappa shape index (κ1) is 21.4. The molecule has 0 radical (unpaired) electrons. The normalized spacial score (nSPS) is 20.9. The van der Waals surface area contributed by atoms with Crippen molar-refractivity contribution in [2.45, 2.75) is 98.1 Å². The van der Waals surface area contributed by atoms with Crippen LogP contribution in [0.25, 0.3) is 0 Å². The maximum absolute atomic E-state index is 3.70. The lowest BCUT2D eigenvalue weighted by Gasteiger charge is -2.33. The first-order chi connectivity index (χ1) is 11.5. The van der Waals surface area contributed by atoms with Crippen molar-refractivity contribution in [3.63, 3.8) is 0 Å². The van der Waals surface area contributed by atoms with E-state index in [2.05, 4.69) is 57.0 Å². The Morgan fingerprint density at radius 3 is 2.67 bits per heavy atom. The molecule has 2 unspecified atom stereocenters. The van der Waals surface area contributed by atoms with Gasteiger partial charge in [0.05, 0.1) is 0 Å². The Labute approximate surface area is 151 Å². The molecule has 2 heteroatoms. The second kappa shape index (κ2) is 12.7. The molecular formula is C22H42N2. The fourth-order valence-corrected chi connectivity index (χ4v) is 3.49. The fraction of sp³-hybridized carbons (Fsp3) is 0.818. The zero-order chi connectivity index (χ0) is 17.8. The molecule has 24 heavy (non-hydrogen) atoms. The number of hydrogen-bond donors (Lipinski definition) is 1. The van der Waals surface area contributed by atoms with Crippen molar-refractivity contribution >= 4 is 0 Å². The summed E-state index contributed by atoms with van der Waals surface area (Å²) in [5.41, 5.74) is 2.97. The van der Waals surface area contributed by atoms with E-state index in [0.29, 0.717) is 6.04 Å². The lowest BCUT2D eigenvalue weighted by molar-refractivity contribution is 0.158. The van der Waals surface area contributed by atoms with Crippen LogP contribution in [0, 0.1) is 0 Å². The van der Waals surface area contributed by atoms with Gasteiger partial charge in [-0.25, -0.2) is 0 Å². The molecule has 0 aromatic carbocycles. The smallest absolute Gasteiger partial charge is 0.00669 e. The molecule has 0 saturated carbocycles. The van der Waals surface area contributed by atoms with Crippen molar-refractivity contribution in [2.75, 3.05) is 19.6 Å². The van der Waals surface area contributed by atoms with Gasteiger partial charge in [0.1, 0.15) is 0 Å². The van der Waals surface area contributed by atoms with Crippen LogP contribution in [0.3, 0.4) is 0 Å². The zero-order valence-electron chi connectivity index (χ0n) is 17.0. The van der Waals surface area contributed by atoms with Crippen LogP contribution in [0.2, 0.25) is 0 Å². The van der Waals surface area contributed by atoms with Crippen molar-refractivity contribution in [3.05, 3.63) is 23.3 Å². The van der Waals surface area contributed by atoms with E-state index in [0.717, 1.165) is 12.6 Å². The highest BCUT2D eigenvalue weighted by molar-refractivity contribution is 5.02. The quantitative estimate of drug-likeness (QED) is 0.385. The van der Waals surface area contributed by atoms with Gasteiger partial charge in [-0.2, -0.15) is 0 Å². The second-order valence-electron chi connectivity index (χ2n) is 8.04. The summed E-state index contributed by atoms with van der Waals surface area (Å²) in [6.07, 6.45) is 15.1. The third kappa shape index (κ3) is 10.3. The summed E-state index contributed by atoms with van der Waals surface area (Å²) < 4.78 is 0. The molecular weight excluding hydrogens is 292 g/mol. The second-order valence-corrected chi connectivity index (χ2v) is 8.04. The van der Waals surface area contributed by atoms with Crippen LogP contribution in [-0.4, -0.2) is 36.6 Å². The van der Waals surface area contributed by atoms with Crippen molar-refractivity contribution in [2.24, 2.45) is 0 Å². The Balaban J connectivity index is 2.05. The van der Waals surface area contributed by atoms with E-state index in [4.69, 9.17) is 0 Å². The van der Waals surface area contributed by atoms with Crippen LogP contribution < -0.4 is 5.32 Å². The van der Waals surface area contributed by atoms with Crippen LogP contribution >= 0.6 is 0 Å². The SMILES string of the molecule is CC(C)=CCC/C(C)=C/CCC(C)NCCCN1CCCCC1C. The Bertz CT molecular complexity index is 379. The minimum Gasteiger partial charge on any atom is -0.314 e. The number of nitrogens with zero attached hydrogens (tertiary/aromatic N) is 1. The summed E-state index contributed by atoms with van der Waals surface area (Å²) >= 11 is 0. The standard InChI is InChI=1S/C22H42N2/c1-19(2)11-8-12-20(3)13-9-14-21(4)23-16-10-18-24-17-7-6-15-22(24)5/h11,13,21-23H,6-10,12,14-18H2,1-5H3/b20-13+. The molecule has 0 bridgehead atoms. The maximum Gasteiger partial charge on any atom is 0.00669 e. The summed E-state index contributed by atoms with van der Waals surface area (Å²) in [6.45, 7) is 15.1. The monoisotopic (exact) mass is 334 g/mol. The molecule has 1 heterocycles. The summed E-state index contributed by atoms with van der Waals surface area (Å²) in [5, 5.41) is 3.70. The van der Waals surface area contributed by atoms with E-state index < -0.39 is 0 Å². The lowest BCUT2D eigenvalue weighted by atomic mass is 10.0. The molecule has 0 amide bonds. The average Bonchev–Trinajstić information content (AvgIpc) is 2.52. The molecule has 1 fully saturated rings. The van der Waals surface area contributed by atoms with Gasteiger partial charge in [-0.1, -0.05) is 29.7 Å². The average molecular weight is 335 g/mol. The van der Waals surface area contributed by atoms with Crippen LogP contribution in [0.1, 0.15) is 86.0 Å². The predicted molar refractivity (Wildman–Crippen MR) is 109 cm³/mol. The first-order valence-electron chi connectivity index (χ1n) is 10.3.